The first kappa shape index (κ1) is 19.4. The molecular weight excluding hydrogens is 366 g/mol. The first-order chi connectivity index (χ1) is 14.1. The van der Waals surface area contributed by atoms with Gasteiger partial charge in [-0.2, -0.15) is 0 Å². The van der Waals surface area contributed by atoms with Crippen molar-refractivity contribution in [3.63, 3.8) is 0 Å². The topological polar surface area (TPSA) is 58.8 Å². The number of benzene rings is 2. The van der Waals surface area contributed by atoms with Crippen LogP contribution in [0.5, 0.6) is 5.75 Å². The Bertz CT molecular complexity index is 945. The highest BCUT2D eigenvalue weighted by Gasteiger charge is 2.23. The second-order valence-corrected chi connectivity index (χ2v) is 7.30. The number of aldehydes is 1. The van der Waals surface area contributed by atoms with E-state index in [4.69, 9.17) is 9.15 Å². The van der Waals surface area contributed by atoms with Gasteiger partial charge in [0.05, 0.1) is 0 Å². The van der Waals surface area contributed by atoms with E-state index in [-0.39, 0.29) is 0 Å². The molecule has 1 saturated heterocycles. The highest BCUT2D eigenvalue weighted by atomic mass is 16.5. The molecule has 2 heterocycles. The molecule has 1 aromatic heterocycles. The van der Waals surface area contributed by atoms with Gasteiger partial charge < -0.3 is 14.1 Å². The average molecular weight is 391 g/mol. The molecule has 1 aliphatic heterocycles. The number of aromatic nitrogens is 1. The molecule has 0 spiro atoms. The molecule has 6 nitrogen and oxygen atoms in total. The van der Waals surface area contributed by atoms with Crippen LogP contribution in [0.2, 0.25) is 0 Å². The van der Waals surface area contributed by atoms with Crippen molar-refractivity contribution < 1.29 is 13.9 Å². The van der Waals surface area contributed by atoms with Gasteiger partial charge in [-0.25, -0.2) is 4.98 Å². The minimum atomic E-state index is -0.562. The van der Waals surface area contributed by atoms with Gasteiger partial charge in [0, 0.05) is 37.3 Å². The van der Waals surface area contributed by atoms with Crippen LogP contribution >= 0.6 is 0 Å². The van der Waals surface area contributed by atoms with Crippen molar-refractivity contribution in [2.45, 2.75) is 13.2 Å². The van der Waals surface area contributed by atoms with Crippen molar-refractivity contribution in [1.29, 1.82) is 0 Å². The van der Waals surface area contributed by atoms with Crippen LogP contribution < -0.4 is 4.74 Å². The highest BCUT2D eigenvalue weighted by Crippen LogP contribution is 2.29. The van der Waals surface area contributed by atoms with E-state index in [1.54, 1.807) is 0 Å². The van der Waals surface area contributed by atoms with Crippen LogP contribution in [0.4, 0.5) is 0 Å². The Morgan fingerprint density at radius 2 is 1.69 bits per heavy atom. The number of ether oxygens (including phenoxy) is 1. The second-order valence-electron chi connectivity index (χ2n) is 7.30. The van der Waals surface area contributed by atoms with E-state index < -0.39 is 6.23 Å². The molecule has 3 aromatic rings. The summed E-state index contributed by atoms with van der Waals surface area (Å²) >= 11 is 0. The van der Waals surface area contributed by atoms with Crippen molar-refractivity contribution in [1.82, 2.24) is 14.8 Å². The van der Waals surface area contributed by atoms with Crippen LogP contribution in [-0.2, 0) is 4.79 Å². The molecule has 4 rings (SSSR count). The fourth-order valence-electron chi connectivity index (χ4n) is 3.46. The first-order valence-corrected chi connectivity index (χ1v) is 9.82. The Kier molecular flexibility index (Phi) is 5.74. The number of aryl methyl sites for hydroxylation is 1. The zero-order valence-corrected chi connectivity index (χ0v) is 16.7. The lowest BCUT2D eigenvalue weighted by atomic mass is 10.1. The van der Waals surface area contributed by atoms with E-state index in [1.165, 1.54) is 0 Å². The maximum Gasteiger partial charge on any atom is 0.226 e. The minimum absolute atomic E-state index is 0.562. The van der Waals surface area contributed by atoms with Crippen LogP contribution in [-0.4, -0.2) is 60.5 Å². The van der Waals surface area contributed by atoms with Gasteiger partial charge in [-0.15, -0.1) is 0 Å². The Morgan fingerprint density at radius 1 is 1.00 bits per heavy atom. The number of carbonyl (C=O) groups excluding carboxylic acids is 1. The number of rotatable bonds is 6. The number of nitrogens with zero attached hydrogens (tertiary/aromatic N) is 3. The van der Waals surface area contributed by atoms with E-state index in [1.807, 2.05) is 61.5 Å². The summed E-state index contributed by atoms with van der Waals surface area (Å²) in [5.74, 6) is 2.03. The Labute approximate surface area is 170 Å². The van der Waals surface area contributed by atoms with Crippen LogP contribution in [0.15, 0.2) is 59.0 Å². The van der Waals surface area contributed by atoms with E-state index >= 15 is 0 Å². The normalized spacial score (nSPS) is 16.5. The predicted octanol–water partition coefficient (Wildman–Crippen LogP) is 3.47. The summed E-state index contributed by atoms with van der Waals surface area (Å²) in [5, 5.41) is 0. The third kappa shape index (κ3) is 4.39. The summed E-state index contributed by atoms with van der Waals surface area (Å²) < 4.78 is 11.8. The molecule has 29 heavy (non-hydrogen) atoms. The molecule has 1 aliphatic rings. The first-order valence-electron chi connectivity index (χ1n) is 9.82. The molecule has 6 heteroatoms. The number of hydrogen-bond acceptors (Lipinski definition) is 6. The summed E-state index contributed by atoms with van der Waals surface area (Å²) in [5.41, 5.74) is 2.70. The fourth-order valence-corrected chi connectivity index (χ4v) is 3.46. The Balaban J connectivity index is 1.48. The van der Waals surface area contributed by atoms with Crippen LogP contribution in [0.1, 0.15) is 5.76 Å². The summed E-state index contributed by atoms with van der Waals surface area (Å²) in [7, 11) is 2.09. The zero-order valence-electron chi connectivity index (χ0n) is 16.7. The third-order valence-electron chi connectivity index (χ3n) is 5.22. The molecule has 0 bridgehead atoms. The molecule has 0 amide bonds. The van der Waals surface area contributed by atoms with Crippen LogP contribution in [0.3, 0.4) is 0 Å². The van der Waals surface area contributed by atoms with Crippen LogP contribution in [0, 0.1) is 6.92 Å². The number of oxazole rings is 1. The van der Waals surface area contributed by atoms with Gasteiger partial charge in [0.15, 0.2) is 6.29 Å². The lowest BCUT2D eigenvalue weighted by molar-refractivity contribution is -0.123. The maximum absolute atomic E-state index is 11.6. The minimum Gasteiger partial charge on any atom is -0.468 e. The molecule has 0 aliphatic carbocycles. The van der Waals surface area contributed by atoms with Crippen LogP contribution in [0.25, 0.3) is 22.7 Å². The summed E-state index contributed by atoms with van der Waals surface area (Å²) in [6.45, 7) is 5.41. The quantitative estimate of drug-likeness (QED) is 0.600. The second kappa shape index (κ2) is 8.59. The number of piperazine rings is 1. The molecule has 0 N–H and O–H groups in total. The Hall–Kier alpha value is -2.96. The monoisotopic (exact) mass is 391 g/mol. The molecule has 1 fully saturated rings. The maximum atomic E-state index is 11.6. The molecule has 0 saturated carbocycles. The summed E-state index contributed by atoms with van der Waals surface area (Å²) in [4.78, 5) is 20.5. The van der Waals surface area contributed by atoms with Crippen molar-refractivity contribution in [2.24, 2.45) is 0 Å². The number of carbonyl (C=O) groups is 1. The lowest BCUT2D eigenvalue weighted by Crippen LogP contribution is -2.51. The number of hydrogen-bond donors (Lipinski definition) is 0. The van der Waals surface area contributed by atoms with E-state index in [2.05, 4.69) is 21.8 Å². The average Bonchev–Trinajstić information content (AvgIpc) is 3.15. The van der Waals surface area contributed by atoms with Gasteiger partial charge in [0.2, 0.25) is 12.1 Å². The SMILES string of the molecule is Cc1oc(-c2ccccc2)nc1-c1ccc(OC(C=O)N2CCN(C)CC2)cc1. The van der Waals surface area contributed by atoms with E-state index in [0.29, 0.717) is 11.6 Å². The van der Waals surface area contributed by atoms with Crippen molar-refractivity contribution in [3.8, 4) is 28.5 Å². The smallest absolute Gasteiger partial charge is 0.226 e. The predicted molar refractivity (Wildman–Crippen MR) is 112 cm³/mol. The van der Waals surface area contributed by atoms with Gasteiger partial charge in [0.25, 0.3) is 0 Å². The highest BCUT2D eigenvalue weighted by molar-refractivity contribution is 5.66. The molecule has 150 valence electrons. The summed E-state index contributed by atoms with van der Waals surface area (Å²) in [6.07, 6.45) is 0.306. The third-order valence-corrected chi connectivity index (χ3v) is 5.22. The molecule has 1 unspecified atom stereocenters. The van der Waals surface area contributed by atoms with E-state index in [0.717, 1.165) is 55.0 Å². The summed E-state index contributed by atoms with van der Waals surface area (Å²) in [6, 6.07) is 17.5. The molecule has 0 radical (unpaired) electrons. The fraction of sp³-hybridized carbons (Fsp3) is 0.304. The molecule has 1 atom stereocenters. The van der Waals surface area contributed by atoms with Crippen molar-refractivity contribution in [3.05, 3.63) is 60.4 Å². The molecule has 2 aromatic carbocycles. The van der Waals surface area contributed by atoms with Gasteiger partial charge in [0.1, 0.15) is 17.2 Å². The lowest BCUT2D eigenvalue weighted by Gasteiger charge is -2.35. The van der Waals surface area contributed by atoms with Gasteiger partial charge >= 0.3 is 0 Å². The number of likely N-dealkylation sites (N-methyl/N-ethyl adjacent to an activating group) is 1. The van der Waals surface area contributed by atoms with Gasteiger partial charge in [-0.3, -0.25) is 9.69 Å². The van der Waals surface area contributed by atoms with Gasteiger partial charge in [-0.1, -0.05) is 18.2 Å². The van der Waals surface area contributed by atoms with Crippen molar-refractivity contribution in [2.75, 3.05) is 33.2 Å². The van der Waals surface area contributed by atoms with Crippen molar-refractivity contribution >= 4 is 6.29 Å². The van der Waals surface area contributed by atoms with Gasteiger partial charge in [-0.05, 0) is 50.4 Å². The standard InChI is InChI=1S/C23H25N3O3/c1-17-22(24-23(28-17)19-6-4-3-5-7-19)18-8-10-20(11-9-18)29-21(16-27)26-14-12-25(2)13-15-26/h3-11,16,21H,12-15H2,1-2H3. The van der Waals surface area contributed by atoms with E-state index in [9.17, 15) is 4.79 Å². The molecular formula is C23H25N3O3. The zero-order chi connectivity index (χ0) is 20.2. The largest absolute Gasteiger partial charge is 0.468 e. The Morgan fingerprint density at radius 3 is 2.34 bits per heavy atom.